The van der Waals surface area contributed by atoms with Crippen molar-refractivity contribution in [3.05, 3.63) is 59.2 Å². The molecule has 1 fully saturated rings. The van der Waals surface area contributed by atoms with Crippen LogP contribution in [-0.4, -0.2) is 11.5 Å². The lowest BCUT2D eigenvalue weighted by Crippen LogP contribution is -2.28. The summed E-state index contributed by atoms with van der Waals surface area (Å²) in [5.41, 5.74) is 6.47. The highest BCUT2D eigenvalue weighted by Gasteiger charge is 2.36. The van der Waals surface area contributed by atoms with Gasteiger partial charge in [0.2, 0.25) is 0 Å². The molecular weight excluding hydrogens is 387 g/mol. The lowest BCUT2D eigenvalue weighted by molar-refractivity contribution is -0.137. The van der Waals surface area contributed by atoms with Crippen molar-refractivity contribution in [1.82, 2.24) is 4.98 Å². The lowest BCUT2D eigenvalue weighted by atomic mass is 9.70. The minimum absolute atomic E-state index is 0.0183. The zero-order chi connectivity index (χ0) is 21.3. The molecule has 2 aromatic carbocycles. The van der Waals surface area contributed by atoms with Gasteiger partial charge in [-0.2, -0.15) is 13.2 Å². The van der Waals surface area contributed by atoms with Gasteiger partial charge >= 0.3 is 6.18 Å². The Morgan fingerprint density at radius 3 is 2.21 bits per heavy atom. The molecule has 1 saturated carbocycles. The van der Waals surface area contributed by atoms with Crippen LogP contribution < -0.4 is 5.73 Å². The molecule has 0 radical (unpaired) electrons. The zero-order valence-electron chi connectivity index (χ0n) is 16.2. The second kappa shape index (κ2) is 8.14. The van der Waals surface area contributed by atoms with Crippen molar-refractivity contribution in [2.24, 2.45) is 11.7 Å². The number of aromatic amines is 1. The summed E-state index contributed by atoms with van der Waals surface area (Å²) in [7, 11) is 0. The fourth-order valence-electron chi connectivity index (χ4n) is 3.87. The zero-order valence-corrected chi connectivity index (χ0v) is 16.2. The van der Waals surface area contributed by atoms with Gasteiger partial charge in [-0.25, -0.2) is 8.78 Å². The standard InChI is InChI=1S/C20H17F5N2.C2H6/c21-14-3-1-11(2-4-14)18-17(12-5-10(6-12)9-26)15-7-13(20(23,24)25)8-16(22)19(15)27-18;1-2/h1-4,7-8,10,12,27H,5-6,9,26H2;1-2H3. The summed E-state index contributed by atoms with van der Waals surface area (Å²) < 4.78 is 67.3. The Morgan fingerprint density at radius 1 is 1.03 bits per heavy atom. The van der Waals surface area contributed by atoms with Crippen LogP contribution in [0.3, 0.4) is 0 Å². The van der Waals surface area contributed by atoms with Gasteiger partial charge < -0.3 is 10.7 Å². The van der Waals surface area contributed by atoms with Crippen LogP contribution in [0.25, 0.3) is 22.2 Å². The first-order valence-electron chi connectivity index (χ1n) is 9.66. The molecule has 3 N–H and O–H groups in total. The number of alkyl halides is 3. The Morgan fingerprint density at radius 2 is 1.66 bits per heavy atom. The minimum Gasteiger partial charge on any atom is -0.352 e. The van der Waals surface area contributed by atoms with Crippen molar-refractivity contribution in [2.45, 2.75) is 38.8 Å². The number of fused-ring (bicyclic) bond motifs is 1. The van der Waals surface area contributed by atoms with Crippen molar-refractivity contribution in [3.63, 3.8) is 0 Å². The Bertz CT molecular complexity index is 983. The maximum Gasteiger partial charge on any atom is 0.416 e. The van der Waals surface area contributed by atoms with Gasteiger partial charge in [-0.3, -0.25) is 0 Å². The SMILES string of the molecule is CC.NCC1CC(c2c(-c3ccc(F)cc3)[nH]c3c(F)cc(C(F)(F)F)cc23)C1. The molecule has 3 aromatic rings. The predicted octanol–water partition coefficient (Wildman–Crippen LogP) is 6.61. The smallest absolute Gasteiger partial charge is 0.352 e. The average Bonchev–Trinajstić information content (AvgIpc) is 3.02. The van der Waals surface area contributed by atoms with Crippen LogP contribution in [-0.2, 0) is 6.18 Å². The Hall–Kier alpha value is -2.41. The van der Waals surface area contributed by atoms with Crippen LogP contribution >= 0.6 is 0 Å². The molecule has 0 bridgehead atoms. The van der Waals surface area contributed by atoms with Gasteiger partial charge in [-0.15, -0.1) is 0 Å². The quantitative estimate of drug-likeness (QED) is 0.469. The third-order valence-electron chi connectivity index (χ3n) is 5.34. The van der Waals surface area contributed by atoms with Crippen LogP contribution in [0.15, 0.2) is 36.4 Å². The van der Waals surface area contributed by atoms with Crippen LogP contribution in [0.4, 0.5) is 22.0 Å². The van der Waals surface area contributed by atoms with Gasteiger partial charge in [-0.1, -0.05) is 13.8 Å². The molecule has 0 spiro atoms. The van der Waals surface area contributed by atoms with Gasteiger partial charge in [0.1, 0.15) is 11.6 Å². The highest BCUT2D eigenvalue weighted by atomic mass is 19.4. The van der Waals surface area contributed by atoms with Crippen LogP contribution in [0.2, 0.25) is 0 Å². The van der Waals surface area contributed by atoms with Gasteiger partial charge in [-0.05, 0) is 78.7 Å². The first-order chi connectivity index (χ1) is 13.8. The van der Waals surface area contributed by atoms with Crippen molar-refractivity contribution >= 4 is 10.9 Å². The molecule has 1 aliphatic carbocycles. The minimum atomic E-state index is -4.64. The molecule has 29 heavy (non-hydrogen) atoms. The van der Waals surface area contributed by atoms with Crippen molar-refractivity contribution in [2.75, 3.05) is 6.54 Å². The number of hydrogen-bond donors (Lipinski definition) is 2. The molecule has 0 amide bonds. The monoisotopic (exact) mass is 410 g/mol. The van der Waals surface area contributed by atoms with Crippen LogP contribution in [0.1, 0.15) is 43.7 Å². The first-order valence-corrected chi connectivity index (χ1v) is 9.66. The summed E-state index contributed by atoms with van der Waals surface area (Å²) in [4.78, 5) is 2.93. The van der Waals surface area contributed by atoms with E-state index in [0.717, 1.165) is 18.9 Å². The molecule has 4 rings (SSSR count). The maximum atomic E-state index is 14.5. The largest absolute Gasteiger partial charge is 0.416 e. The van der Waals surface area contributed by atoms with E-state index in [2.05, 4.69) is 4.98 Å². The van der Waals surface area contributed by atoms with Crippen LogP contribution in [0, 0.1) is 17.6 Å². The average molecular weight is 410 g/mol. The Balaban J connectivity index is 0.00000117. The summed E-state index contributed by atoms with van der Waals surface area (Å²) >= 11 is 0. The summed E-state index contributed by atoms with van der Waals surface area (Å²) in [6, 6.07) is 7.10. The molecule has 0 unspecified atom stereocenters. The number of nitrogens with two attached hydrogens (primary N) is 1. The Kier molecular flexibility index (Phi) is 5.98. The summed E-state index contributed by atoms with van der Waals surface area (Å²) in [5, 5.41) is 0.224. The topological polar surface area (TPSA) is 41.8 Å². The van der Waals surface area contributed by atoms with E-state index in [0.29, 0.717) is 35.3 Å². The van der Waals surface area contributed by atoms with Gasteiger partial charge in [0.05, 0.1) is 16.8 Å². The van der Waals surface area contributed by atoms with Crippen LogP contribution in [0.5, 0.6) is 0 Å². The molecule has 0 aliphatic heterocycles. The third-order valence-corrected chi connectivity index (χ3v) is 5.34. The molecule has 1 aliphatic rings. The van der Waals surface area contributed by atoms with Crippen molar-refractivity contribution in [3.8, 4) is 11.3 Å². The van der Waals surface area contributed by atoms with Gasteiger partial charge in [0.15, 0.2) is 0 Å². The number of nitrogens with one attached hydrogen (secondary N) is 1. The van der Waals surface area contributed by atoms with E-state index in [-0.39, 0.29) is 16.8 Å². The van der Waals surface area contributed by atoms with E-state index in [1.807, 2.05) is 13.8 Å². The molecule has 156 valence electrons. The van der Waals surface area contributed by atoms with Crippen molar-refractivity contribution in [1.29, 1.82) is 0 Å². The second-order valence-corrected chi connectivity index (χ2v) is 7.07. The second-order valence-electron chi connectivity index (χ2n) is 7.07. The number of aromatic nitrogens is 1. The Labute approximate surface area is 165 Å². The van der Waals surface area contributed by atoms with Gasteiger partial charge in [0.25, 0.3) is 0 Å². The number of H-pyrrole nitrogens is 1. The van der Waals surface area contributed by atoms with Crippen molar-refractivity contribution < 1.29 is 22.0 Å². The normalized spacial score (nSPS) is 18.9. The van der Waals surface area contributed by atoms with E-state index >= 15 is 0 Å². The van der Waals surface area contributed by atoms with E-state index < -0.39 is 23.4 Å². The van der Waals surface area contributed by atoms with E-state index in [1.54, 1.807) is 0 Å². The van der Waals surface area contributed by atoms with E-state index in [9.17, 15) is 22.0 Å². The third kappa shape index (κ3) is 4.01. The molecule has 0 atom stereocenters. The summed E-state index contributed by atoms with van der Waals surface area (Å²) in [6.45, 7) is 4.51. The molecule has 1 aromatic heterocycles. The molecule has 2 nitrogen and oxygen atoms in total. The highest BCUT2D eigenvalue weighted by Crippen LogP contribution is 2.48. The molecule has 0 saturated heterocycles. The first kappa shape index (κ1) is 21.3. The fraction of sp³-hybridized carbons (Fsp3) is 0.364. The van der Waals surface area contributed by atoms with Gasteiger partial charge in [0, 0.05) is 5.39 Å². The summed E-state index contributed by atoms with van der Waals surface area (Å²) in [6.07, 6.45) is -3.18. The highest BCUT2D eigenvalue weighted by molar-refractivity contribution is 5.92. The fourth-order valence-corrected chi connectivity index (χ4v) is 3.87. The summed E-state index contributed by atoms with van der Waals surface area (Å²) in [5.74, 6) is -1.09. The number of benzene rings is 2. The predicted molar refractivity (Wildman–Crippen MR) is 105 cm³/mol. The van der Waals surface area contributed by atoms with E-state index in [4.69, 9.17) is 5.73 Å². The molecule has 1 heterocycles. The van der Waals surface area contributed by atoms with E-state index in [1.165, 1.54) is 24.3 Å². The molecule has 7 heteroatoms. The number of hydrogen-bond acceptors (Lipinski definition) is 1. The molecular formula is C22H23F5N2. The maximum absolute atomic E-state index is 14.5. The number of halogens is 5. The number of rotatable bonds is 3. The lowest BCUT2D eigenvalue weighted by Gasteiger charge is -2.35.